The van der Waals surface area contributed by atoms with Crippen molar-refractivity contribution in [2.45, 2.75) is 194 Å². The van der Waals surface area contributed by atoms with Gasteiger partial charge in [0, 0.05) is 64.5 Å². The number of hydrogen-bond acceptors (Lipinski definition) is 12. The quantitative estimate of drug-likeness (QED) is 0.0341. The fraction of sp³-hybridized carbons (Fsp3) is 0.857. The third kappa shape index (κ3) is 47.0. The Morgan fingerprint density at radius 1 is 0.470 bits per heavy atom. The summed E-state index contributed by atoms with van der Waals surface area (Å²) in [5.41, 5.74) is 0. The number of nitrogens with one attached hydrogen (secondary N) is 3. The van der Waals surface area contributed by atoms with E-state index in [0.717, 1.165) is 64.2 Å². The number of unbranched alkanes of at least 4 members (excludes halogenated alkanes) is 16. The van der Waals surface area contributed by atoms with E-state index in [9.17, 15) is 38.7 Å². The molecule has 0 bridgehead atoms. The van der Waals surface area contributed by atoms with E-state index >= 15 is 0 Å². The van der Waals surface area contributed by atoms with Gasteiger partial charge in [-0.25, -0.2) is 4.79 Å². The van der Waals surface area contributed by atoms with Crippen LogP contribution in [0, 0.1) is 5.92 Å². The highest BCUT2D eigenvalue weighted by Crippen LogP contribution is 2.15. The molecule has 0 saturated carbocycles. The predicted octanol–water partition coefficient (Wildman–Crippen LogP) is 6.87. The van der Waals surface area contributed by atoms with E-state index in [1.165, 1.54) is 64.2 Å². The van der Waals surface area contributed by atoms with Gasteiger partial charge in [0.25, 0.3) is 0 Å². The summed E-state index contributed by atoms with van der Waals surface area (Å²) in [5, 5.41) is 34.8. The van der Waals surface area contributed by atoms with Crippen LogP contribution in [0.25, 0.3) is 0 Å². The van der Waals surface area contributed by atoms with Crippen LogP contribution in [0.15, 0.2) is 0 Å². The van der Waals surface area contributed by atoms with Gasteiger partial charge in [-0.15, -0.1) is 0 Å². The molecule has 17 heteroatoms. The molecule has 0 aliphatic heterocycles. The van der Waals surface area contributed by atoms with Crippen LogP contribution in [0.2, 0.25) is 0 Å². The van der Waals surface area contributed by atoms with Crippen molar-refractivity contribution in [3.05, 3.63) is 0 Å². The fourth-order valence-corrected chi connectivity index (χ4v) is 6.92. The highest BCUT2D eigenvalue weighted by Gasteiger charge is 2.21. The van der Waals surface area contributed by atoms with Crippen molar-refractivity contribution in [1.82, 2.24) is 16.0 Å². The summed E-state index contributed by atoms with van der Waals surface area (Å²) in [6.07, 6.45) is 23.4. The highest BCUT2D eigenvalue weighted by molar-refractivity contribution is 5.85. The fourth-order valence-electron chi connectivity index (χ4n) is 6.92. The van der Waals surface area contributed by atoms with Crippen LogP contribution in [0.5, 0.6) is 0 Å². The number of carboxylic acid groups (broad SMARTS) is 2. The average molecular weight is 946 g/mol. The molecule has 0 rings (SSSR count). The SMILES string of the molecule is CCOCC(=O)NCCOCCOCC(=O)NCCCC[C@H](CC)C(=O)CO.CCOCCCC(=O)CC[C@H](NC(=O)CCCCCCCCCCCCCCCCCCC(=O)O)C(=O)O. The number of aliphatic hydroxyl groups is 1. The number of rotatable bonds is 48. The van der Waals surface area contributed by atoms with Crippen molar-refractivity contribution in [1.29, 1.82) is 0 Å². The van der Waals surface area contributed by atoms with E-state index in [2.05, 4.69) is 16.0 Å². The first-order chi connectivity index (χ1) is 31.9. The second kappa shape index (κ2) is 49.4. The third-order valence-electron chi connectivity index (χ3n) is 10.9. The van der Waals surface area contributed by atoms with Crippen LogP contribution < -0.4 is 16.0 Å². The summed E-state index contributed by atoms with van der Waals surface area (Å²) >= 11 is 0. The summed E-state index contributed by atoms with van der Waals surface area (Å²) < 4.78 is 20.7. The molecule has 2 atom stereocenters. The van der Waals surface area contributed by atoms with Gasteiger partial charge in [-0.3, -0.25) is 28.8 Å². The molecule has 0 saturated heterocycles. The first-order valence-electron chi connectivity index (χ1n) is 25.1. The van der Waals surface area contributed by atoms with Gasteiger partial charge in [-0.1, -0.05) is 103 Å². The minimum absolute atomic E-state index is 0.00324. The average Bonchev–Trinajstić information content (AvgIpc) is 3.29. The van der Waals surface area contributed by atoms with Crippen LogP contribution >= 0.6 is 0 Å². The Morgan fingerprint density at radius 2 is 0.985 bits per heavy atom. The highest BCUT2D eigenvalue weighted by atomic mass is 16.5. The van der Waals surface area contributed by atoms with Crippen LogP contribution in [-0.4, -0.2) is 135 Å². The van der Waals surface area contributed by atoms with Crippen LogP contribution in [0.1, 0.15) is 188 Å². The second-order valence-corrected chi connectivity index (χ2v) is 16.6. The van der Waals surface area contributed by atoms with Gasteiger partial charge in [-0.2, -0.15) is 0 Å². The van der Waals surface area contributed by atoms with E-state index < -0.39 is 24.6 Å². The zero-order valence-corrected chi connectivity index (χ0v) is 41.2. The number of carboxylic acids is 2. The van der Waals surface area contributed by atoms with Gasteiger partial charge in [0.15, 0.2) is 5.78 Å². The van der Waals surface area contributed by atoms with Crippen molar-refractivity contribution in [3.8, 4) is 0 Å². The van der Waals surface area contributed by atoms with E-state index in [4.69, 9.17) is 29.2 Å². The predicted molar refractivity (Wildman–Crippen MR) is 254 cm³/mol. The molecule has 0 aromatic rings. The number of aliphatic carboxylic acids is 2. The van der Waals surface area contributed by atoms with Crippen molar-refractivity contribution in [3.63, 3.8) is 0 Å². The van der Waals surface area contributed by atoms with E-state index in [-0.39, 0.29) is 61.3 Å². The lowest BCUT2D eigenvalue weighted by atomic mass is 9.95. The summed E-state index contributed by atoms with van der Waals surface area (Å²) in [6.45, 7) is 8.84. The Labute approximate surface area is 396 Å². The Hall–Kier alpha value is -3.51. The Morgan fingerprint density at radius 3 is 1.50 bits per heavy atom. The van der Waals surface area contributed by atoms with Crippen molar-refractivity contribution in [2.75, 3.05) is 72.6 Å². The monoisotopic (exact) mass is 946 g/mol. The van der Waals surface area contributed by atoms with E-state index in [1.807, 2.05) is 20.8 Å². The maximum atomic E-state index is 12.1. The number of amides is 3. The molecule has 0 heterocycles. The molecule has 0 unspecified atom stereocenters. The molecule has 386 valence electrons. The number of ketones is 2. The number of Topliss-reactive ketones (excluding diaryl/α,β-unsaturated/α-hetero) is 2. The topological polar surface area (TPSA) is 253 Å². The molecule has 0 radical (unpaired) electrons. The van der Waals surface area contributed by atoms with Gasteiger partial charge < -0.3 is 50.2 Å². The minimum atomic E-state index is -1.09. The first-order valence-corrected chi connectivity index (χ1v) is 25.1. The summed E-state index contributed by atoms with van der Waals surface area (Å²) in [4.78, 5) is 80.2. The molecular weight excluding hydrogens is 855 g/mol. The molecule has 6 N–H and O–H groups in total. The number of carbonyl (C=O) groups excluding carboxylic acids is 5. The minimum Gasteiger partial charge on any atom is -0.481 e. The lowest BCUT2D eigenvalue weighted by Gasteiger charge is -2.14. The van der Waals surface area contributed by atoms with Gasteiger partial charge in [0.1, 0.15) is 31.6 Å². The number of aliphatic hydroxyl groups excluding tert-OH is 1. The maximum Gasteiger partial charge on any atom is 0.326 e. The number of carbonyl (C=O) groups is 7. The third-order valence-corrected chi connectivity index (χ3v) is 10.9. The number of hydrogen-bond donors (Lipinski definition) is 6. The summed E-state index contributed by atoms with van der Waals surface area (Å²) in [6, 6.07) is -1.01. The van der Waals surface area contributed by atoms with Crippen molar-refractivity contribution >= 4 is 41.2 Å². The van der Waals surface area contributed by atoms with E-state index in [0.29, 0.717) is 78.4 Å². The van der Waals surface area contributed by atoms with Crippen LogP contribution in [-0.2, 0) is 52.5 Å². The largest absolute Gasteiger partial charge is 0.481 e. The molecule has 0 fully saturated rings. The first kappa shape index (κ1) is 64.6. The second-order valence-electron chi connectivity index (χ2n) is 16.6. The Balaban J connectivity index is 0. The van der Waals surface area contributed by atoms with Crippen molar-refractivity contribution < 1.29 is 67.8 Å². The molecule has 0 aliphatic carbocycles. The molecule has 0 aliphatic rings. The molecule has 0 aromatic heterocycles. The zero-order valence-electron chi connectivity index (χ0n) is 41.2. The van der Waals surface area contributed by atoms with Gasteiger partial charge in [-0.05, 0) is 58.8 Å². The van der Waals surface area contributed by atoms with Gasteiger partial charge in [0.05, 0.1) is 19.8 Å². The summed E-state index contributed by atoms with van der Waals surface area (Å²) in [5.74, 6) is -2.61. The van der Waals surface area contributed by atoms with E-state index in [1.54, 1.807) is 0 Å². The maximum absolute atomic E-state index is 12.1. The summed E-state index contributed by atoms with van der Waals surface area (Å²) in [7, 11) is 0. The van der Waals surface area contributed by atoms with Crippen molar-refractivity contribution in [2.24, 2.45) is 5.92 Å². The number of ether oxygens (including phenoxy) is 4. The standard InChI is InChI=1S/C30H55NO7.C19H36N2O7/c1-2-38-25-19-20-26(32)23-24-27(30(36)37)31-28(33)21-17-15-13-11-9-7-5-3-4-6-8-10-12-14-16-18-22-29(34)35;1-3-16(17(23)13-22)7-5-6-8-20-19(25)15-28-12-11-27-10-9-21-18(24)14-26-4-2/h27H,2-25H2,1H3,(H,31,33)(H,34,35)(H,36,37);16,22H,3-15H2,1-2H3,(H,20,25)(H,21,24)/t27-;16-/m00/s1. The zero-order chi connectivity index (χ0) is 49.3. The molecule has 0 aromatic carbocycles. The van der Waals surface area contributed by atoms with Gasteiger partial charge >= 0.3 is 11.9 Å². The molecule has 17 nitrogen and oxygen atoms in total. The normalized spacial score (nSPS) is 11.8. The van der Waals surface area contributed by atoms with Crippen LogP contribution in [0.4, 0.5) is 0 Å². The molecule has 3 amide bonds. The molecule has 0 spiro atoms. The van der Waals surface area contributed by atoms with Gasteiger partial charge in [0.2, 0.25) is 17.7 Å². The molecule has 66 heavy (non-hydrogen) atoms. The lowest BCUT2D eigenvalue weighted by Crippen LogP contribution is -2.41. The Kier molecular flexibility index (Phi) is 48.3. The van der Waals surface area contributed by atoms with Crippen LogP contribution in [0.3, 0.4) is 0 Å². The lowest BCUT2D eigenvalue weighted by molar-refractivity contribution is -0.142. The Bertz CT molecular complexity index is 1240. The smallest absolute Gasteiger partial charge is 0.326 e. The molecular formula is C49H91N3O14.